The van der Waals surface area contributed by atoms with E-state index in [4.69, 9.17) is 4.74 Å². The molecule has 0 spiro atoms. The van der Waals surface area contributed by atoms with E-state index < -0.39 is 41.5 Å². The Labute approximate surface area is 191 Å². The van der Waals surface area contributed by atoms with Crippen molar-refractivity contribution in [2.75, 3.05) is 11.9 Å². The first-order valence-corrected chi connectivity index (χ1v) is 10.9. The van der Waals surface area contributed by atoms with Crippen LogP contribution >= 0.6 is 0 Å². The first kappa shape index (κ1) is 22.4. The third-order valence-corrected chi connectivity index (χ3v) is 6.65. The number of ether oxygens (including phenoxy) is 1. The maximum Gasteiger partial charge on any atom is 0.280 e. The van der Waals surface area contributed by atoms with Crippen LogP contribution in [0, 0.1) is 0 Å². The molecule has 34 heavy (non-hydrogen) atoms. The van der Waals surface area contributed by atoms with E-state index in [1.165, 1.54) is 25.4 Å². The number of anilines is 1. The number of halogens is 4. The molecule has 1 aliphatic carbocycles. The minimum atomic E-state index is -3.02. The van der Waals surface area contributed by atoms with E-state index in [1.807, 2.05) is 0 Å². The maximum absolute atomic E-state index is 14.4. The molecule has 0 unspecified atom stereocenters. The fourth-order valence-corrected chi connectivity index (χ4v) is 4.51. The molecular formula is C23H22F4N4O3. The highest BCUT2D eigenvalue weighted by Gasteiger charge is 2.53. The van der Waals surface area contributed by atoms with Crippen molar-refractivity contribution in [1.29, 1.82) is 0 Å². The Bertz CT molecular complexity index is 1410. The summed E-state index contributed by atoms with van der Waals surface area (Å²) >= 11 is 0. The molecule has 3 aromatic rings. The van der Waals surface area contributed by atoms with Gasteiger partial charge in [0.1, 0.15) is 11.3 Å². The number of benzene rings is 1. The van der Waals surface area contributed by atoms with Crippen molar-refractivity contribution in [2.24, 2.45) is 7.05 Å². The molecule has 0 saturated heterocycles. The molecule has 0 radical (unpaired) electrons. The van der Waals surface area contributed by atoms with Gasteiger partial charge in [-0.25, -0.2) is 22.2 Å². The number of hydrogen-bond donors (Lipinski definition) is 1. The average molecular weight is 478 g/mol. The molecule has 11 heteroatoms. The second-order valence-electron chi connectivity index (χ2n) is 8.88. The first-order valence-electron chi connectivity index (χ1n) is 10.9. The van der Waals surface area contributed by atoms with Gasteiger partial charge in [-0.3, -0.25) is 9.59 Å². The van der Waals surface area contributed by atoms with Gasteiger partial charge in [0.2, 0.25) is 0 Å². The lowest BCUT2D eigenvalue weighted by atomic mass is 9.96. The van der Waals surface area contributed by atoms with E-state index in [-0.39, 0.29) is 47.4 Å². The summed E-state index contributed by atoms with van der Waals surface area (Å²) in [7, 11) is 1.40. The maximum atomic E-state index is 14.4. The highest BCUT2D eigenvalue weighted by Crippen LogP contribution is 2.48. The number of nitrogens with zero attached hydrogens (tertiary/aromatic N) is 3. The van der Waals surface area contributed by atoms with E-state index in [1.54, 1.807) is 13.0 Å². The predicted molar refractivity (Wildman–Crippen MR) is 117 cm³/mol. The lowest BCUT2D eigenvalue weighted by Crippen LogP contribution is -2.36. The Hall–Kier alpha value is -3.37. The van der Waals surface area contributed by atoms with E-state index in [0.717, 1.165) is 15.3 Å². The van der Waals surface area contributed by atoms with Crippen LogP contribution in [0.3, 0.4) is 0 Å². The van der Waals surface area contributed by atoms with Crippen LogP contribution in [0.25, 0.3) is 10.8 Å². The number of pyridine rings is 1. The summed E-state index contributed by atoms with van der Waals surface area (Å²) in [6.45, 7) is 1.58. The highest BCUT2D eigenvalue weighted by atomic mass is 19.3. The Morgan fingerprint density at radius 3 is 2.56 bits per heavy atom. The van der Waals surface area contributed by atoms with E-state index in [0.29, 0.717) is 5.56 Å². The number of hydrogen-bond acceptors (Lipinski definition) is 5. The topological polar surface area (TPSA) is 78.2 Å². The van der Waals surface area contributed by atoms with Gasteiger partial charge in [0.05, 0.1) is 30.0 Å². The lowest BCUT2D eigenvalue weighted by Gasteiger charge is -2.29. The van der Waals surface area contributed by atoms with Crippen LogP contribution in [0.5, 0.6) is 5.75 Å². The highest BCUT2D eigenvalue weighted by molar-refractivity contribution is 5.90. The van der Waals surface area contributed by atoms with Crippen LogP contribution < -0.4 is 21.2 Å². The summed E-state index contributed by atoms with van der Waals surface area (Å²) in [6, 6.07) is 4.93. The van der Waals surface area contributed by atoms with E-state index in [9.17, 15) is 27.2 Å². The van der Waals surface area contributed by atoms with E-state index >= 15 is 0 Å². The number of para-hydroxylation sites is 1. The third-order valence-electron chi connectivity index (χ3n) is 6.65. The van der Waals surface area contributed by atoms with E-state index in [2.05, 4.69) is 10.4 Å². The molecule has 180 valence electrons. The molecule has 0 amide bonds. The molecule has 1 N–H and O–H groups in total. The minimum absolute atomic E-state index is 0.0244. The predicted octanol–water partition coefficient (Wildman–Crippen LogP) is 3.90. The van der Waals surface area contributed by atoms with Gasteiger partial charge in [-0.05, 0) is 25.8 Å². The number of aromatic nitrogens is 3. The number of fused-ring (bicyclic) bond motifs is 2. The van der Waals surface area contributed by atoms with Crippen LogP contribution in [-0.2, 0) is 18.5 Å². The summed E-state index contributed by atoms with van der Waals surface area (Å²) in [5.41, 5.74) is -2.59. The molecule has 1 saturated carbocycles. The molecule has 7 nitrogen and oxygen atoms in total. The fraction of sp³-hybridized carbons (Fsp3) is 0.435. The molecule has 1 aliphatic heterocycles. The molecule has 1 fully saturated rings. The van der Waals surface area contributed by atoms with Gasteiger partial charge in [-0.2, -0.15) is 5.10 Å². The Morgan fingerprint density at radius 2 is 1.88 bits per heavy atom. The number of aryl methyl sites for hydroxylation is 1. The minimum Gasteiger partial charge on any atom is -0.492 e. The molecule has 1 atom stereocenters. The molecule has 0 bridgehead atoms. The Kier molecular flexibility index (Phi) is 4.99. The van der Waals surface area contributed by atoms with Crippen LogP contribution in [0.2, 0.25) is 0 Å². The van der Waals surface area contributed by atoms with Gasteiger partial charge in [0.15, 0.2) is 5.82 Å². The van der Waals surface area contributed by atoms with Crippen molar-refractivity contribution in [3.63, 3.8) is 0 Å². The average Bonchev–Trinajstić information content (AvgIpc) is 3.58. The zero-order valence-electron chi connectivity index (χ0n) is 18.4. The zero-order valence-corrected chi connectivity index (χ0v) is 18.4. The van der Waals surface area contributed by atoms with Crippen molar-refractivity contribution < 1.29 is 22.3 Å². The smallest absolute Gasteiger partial charge is 0.280 e. The summed E-state index contributed by atoms with van der Waals surface area (Å²) in [6.07, 6.45) is -1.62. The van der Waals surface area contributed by atoms with Gasteiger partial charge < -0.3 is 14.6 Å². The quantitative estimate of drug-likeness (QED) is 0.563. The van der Waals surface area contributed by atoms with Gasteiger partial charge in [0, 0.05) is 30.3 Å². The summed E-state index contributed by atoms with van der Waals surface area (Å²) in [4.78, 5) is 25.3. The Balaban J connectivity index is 1.62. The normalized spacial score (nSPS) is 18.9. The summed E-state index contributed by atoms with van der Waals surface area (Å²) < 4.78 is 63.8. The van der Waals surface area contributed by atoms with Crippen LogP contribution in [0.15, 0.2) is 40.1 Å². The monoisotopic (exact) mass is 478 g/mol. The SMILES string of the molecule is C[C@H](Nc1nn(C)c(=O)c2cc(=O)n(C3(C(F)F)CC3)cc12)c1cccc2c1OCCC2(F)F. The van der Waals surface area contributed by atoms with Gasteiger partial charge in [-0.15, -0.1) is 0 Å². The van der Waals surface area contributed by atoms with Crippen molar-refractivity contribution in [2.45, 2.75) is 50.1 Å². The van der Waals surface area contributed by atoms with Crippen LogP contribution in [-0.4, -0.2) is 27.4 Å². The first-order chi connectivity index (χ1) is 16.0. The second-order valence-corrected chi connectivity index (χ2v) is 8.88. The number of rotatable bonds is 5. The summed E-state index contributed by atoms with van der Waals surface area (Å²) in [5.74, 6) is -2.78. The van der Waals surface area contributed by atoms with Gasteiger partial charge >= 0.3 is 0 Å². The summed E-state index contributed by atoms with van der Waals surface area (Å²) in [5, 5.41) is 7.54. The molecule has 3 heterocycles. The van der Waals surface area contributed by atoms with Gasteiger partial charge in [0.25, 0.3) is 23.5 Å². The second kappa shape index (κ2) is 7.57. The van der Waals surface area contributed by atoms with Crippen LogP contribution in [0.4, 0.5) is 23.4 Å². The molecule has 2 aliphatic rings. The fourth-order valence-electron chi connectivity index (χ4n) is 4.51. The number of alkyl halides is 4. The molecule has 1 aromatic carbocycles. The van der Waals surface area contributed by atoms with Crippen LogP contribution in [0.1, 0.15) is 43.4 Å². The van der Waals surface area contributed by atoms with Crippen molar-refractivity contribution in [1.82, 2.24) is 14.3 Å². The van der Waals surface area contributed by atoms with Gasteiger partial charge in [-0.1, -0.05) is 12.1 Å². The van der Waals surface area contributed by atoms with Crippen molar-refractivity contribution in [3.8, 4) is 5.75 Å². The lowest BCUT2D eigenvalue weighted by molar-refractivity contribution is -0.0408. The van der Waals surface area contributed by atoms with Crippen molar-refractivity contribution >= 4 is 16.6 Å². The molecular weight excluding hydrogens is 456 g/mol. The Morgan fingerprint density at radius 1 is 1.15 bits per heavy atom. The zero-order chi connectivity index (χ0) is 24.4. The molecule has 5 rings (SSSR count). The third kappa shape index (κ3) is 3.36. The largest absolute Gasteiger partial charge is 0.492 e. The van der Waals surface area contributed by atoms with Crippen molar-refractivity contribution in [3.05, 3.63) is 62.3 Å². The standard InChI is InChI=1S/C23H22F4N4O3/c1-12(13-4-3-5-16-18(13)34-9-8-23(16,26)27)28-19-15-11-31(22(6-7-22)21(24)25)17(32)10-14(15)20(33)30(2)29-19/h3-5,10-12,21H,6-9H2,1-2H3,(H,28,29)/t12-/m0/s1. The number of nitrogens with one attached hydrogen (secondary N) is 1. The molecule has 2 aromatic heterocycles.